The van der Waals surface area contributed by atoms with Gasteiger partial charge in [-0.1, -0.05) is 0 Å². The van der Waals surface area contributed by atoms with E-state index >= 15 is 0 Å². The minimum Gasteiger partial charge on any atom is -0.346 e. The van der Waals surface area contributed by atoms with Crippen LogP contribution in [-0.2, 0) is 9.47 Å². The van der Waals surface area contributed by atoms with Gasteiger partial charge < -0.3 is 9.47 Å². The number of ether oxygens (including phenoxy) is 2. The summed E-state index contributed by atoms with van der Waals surface area (Å²) in [7, 11) is 5.59. The highest BCUT2D eigenvalue weighted by Crippen LogP contribution is 2.22. The van der Waals surface area contributed by atoms with Gasteiger partial charge in [0.05, 0.1) is 13.2 Å². The number of nitrogens with zero attached hydrogens (tertiary/aromatic N) is 1. The molecule has 0 aliphatic carbocycles. The molecule has 1 saturated heterocycles. The van der Waals surface area contributed by atoms with E-state index < -0.39 is 0 Å². The Kier molecular flexibility index (Phi) is 2.33. The lowest BCUT2D eigenvalue weighted by Gasteiger charge is -2.10. The molecule has 2 heterocycles. The van der Waals surface area contributed by atoms with Crippen LogP contribution in [0.5, 0.6) is 0 Å². The number of aromatic nitrogens is 1. The Morgan fingerprint density at radius 2 is 2.15 bits per heavy atom. The molecule has 13 heavy (non-hydrogen) atoms. The fourth-order valence-electron chi connectivity index (χ4n) is 1.29. The van der Waals surface area contributed by atoms with E-state index in [1.54, 1.807) is 6.20 Å². The molecular weight excluding hydrogens is 165 g/mol. The lowest BCUT2D eigenvalue weighted by molar-refractivity contribution is -0.0443. The first kappa shape index (κ1) is 8.72. The number of rotatable bonds is 1. The van der Waals surface area contributed by atoms with Gasteiger partial charge in [-0.15, -0.1) is 0 Å². The fraction of sp³-hybridized carbons (Fsp3) is 0.444. The molecule has 1 aromatic heterocycles. The third-order valence-electron chi connectivity index (χ3n) is 2.03. The second kappa shape index (κ2) is 3.48. The van der Waals surface area contributed by atoms with E-state index in [1.807, 2.05) is 13.0 Å². The molecule has 0 N–H and O–H groups in total. The second-order valence-electron chi connectivity index (χ2n) is 3.04. The van der Waals surface area contributed by atoms with Gasteiger partial charge in [0.2, 0.25) is 0 Å². The molecule has 0 amide bonds. The molecule has 0 aromatic carbocycles. The van der Waals surface area contributed by atoms with Crippen LogP contribution in [0.4, 0.5) is 0 Å². The standard InChI is InChI=1S/C9H10BNO2/c1-6-4-7(5-11-8(6)10)9-12-2-3-13-9/h4-5,9H,2-3H2,1H3. The Hall–Kier alpha value is -0.865. The number of pyridine rings is 1. The van der Waals surface area contributed by atoms with E-state index in [0.717, 1.165) is 11.1 Å². The molecule has 2 rings (SSSR count). The lowest BCUT2D eigenvalue weighted by Crippen LogP contribution is -2.13. The van der Waals surface area contributed by atoms with Gasteiger partial charge >= 0.3 is 0 Å². The van der Waals surface area contributed by atoms with Crippen LogP contribution in [0, 0.1) is 6.92 Å². The van der Waals surface area contributed by atoms with Crippen LogP contribution >= 0.6 is 0 Å². The minimum atomic E-state index is -0.258. The largest absolute Gasteiger partial charge is 0.346 e. The SMILES string of the molecule is [B]c1ncc(C2OCCO2)cc1C. The van der Waals surface area contributed by atoms with Gasteiger partial charge in [0.1, 0.15) is 7.85 Å². The monoisotopic (exact) mass is 175 g/mol. The summed E-state index contributed by atoms with van der Waals surface area (Å²) in [5.41, 5.74) is 2.45. The highest BCUT2D eigenvalue weighted by Gasteiger charge is 2.18. The summed E-state index contributed by atoms with van der Waals surface area (Å²) < 4.78 is 10.7. The molecule has 0 unspecified atom stereocenters. The van der Waals surface area contributed by atoms with Crippen molar-refractivity contribution in [1.82, 2.24) is 4.98 Å². The van der Waals surface area contributed by atoms with Crippen LogP contribution in [0.25, 0.3) is 0 Å². The molecule has 0 bridgehead atoms. The maximum atomic E-state index is 5.59. The highest BCUT2D eigenvalue weighted by atomic mass is 16.7. The first-order valence-corrected chi connectivity index (χ1v) is 4.22. The van der Waals surface area contributed by atoms with Crippen molar-refractivity contribution in [2.24, 2.45) is 0 Å². The van der Waals surface area contributed by atoms with Crippen molar-refractivity contribution in [2.45, 2.75) is 13.2 Å². The molecule has 1 aliphatic heterocycles. The van der Waals surface area contributed by atoms with Gasteiger partial charge in [-0.3, -0.25) is 4.98 Å². The summed E-state index contributed by atoms with van der Waals surface area (Å²) in [6.07, 6.45) is 1.44. The van der Waals surface area contributed by atoms with Crippen LogP contribution in [0.15, 0.2) is 12.3 Å². The highest BCUT2D eigenvalue weighted by molar-refractivity contribution is 6.31. The van der Waals surface area contributed by atoms with Crippen molar-refractivity contribution in [3.05, 3.63) is 23.4 Å². The molecule has 1 aliphatic rings. The molecule has 1 fully saturated rings. The van der Waals surface area contributed by atoms with E-state index in [0.29, 0.717) is 18.8 Å². The zero-order valence-corrected chi connectivity index (χ0v) is 7.49. The predicted molar refractivity (Wildman–Crippen MR) is 49.0 cm³/mol. The first-order chi connectivity index (χ1) is 6.27. The van der Waals surface area contributed by atoms with Gasteiger partial charge in [-0.25, -0.2) is 0 Å². The maximum Gasteiger partial charge on any atom is 0.185 e. The van der Waals surface area contributed by atoms with Gasteiger partial charge in [0.15, 0.2) is 6.29 Å². The van der Waals surface area contributed by atoms with Crippen LogP contribution in [0.1, 0.15) is 17.4 Å². The topological polar surface area (TPSA) is 31.4 Å². The van der Waals surface area contributed by atoms with E-state index in [9.17, 15) is 0 Å². The van der Waals surface area contributed by atoms with Crippen molar-refractivity contribution in [3.63, 3.8) is 0 Å². The zero-order valence-electron chi connectivity index (χ0n) is 7.49. The van der Waals surface area contributed by atoms with Crippen LogP contribution in [0.3, 0.4) is 0 Å². The van der Waals surface area contributed by atoms with Crippen LogP contribution < -0.4 is 5.59 Å². The van der Waals surface area contributed by atoms with Gasteiger partial charge in [-0.05, 0) is 24.1 Å². The van der Waals surface area contributed by atoms with Crippen molar-refractivity contribution >= 4 is 13.4 Å². The molecule has 2 radical (unpaired) electrons. The van der Waals surface area contributed by atoms with Gasteiger partial charge in [0, 0.05) is 11.8 Å². The molecular formula is C9H10BNO2. The average molecular weight is 175 g/mol. The molecule has 3 nitrogen and oxygen atoms in total. The Morgan fingerprint density at radius 3 is 2.77 bits per heavy atom. The van der Waals surface area contributed by atoms with Gasteiger partial charge in [0.25, 0.3) is 0 Å². The summed E-state index contributed by atoms with van der Waals surface area (Å²) in [6, 6.07) is 1.94. The van der Waals surface area contributed by atoms with Gasteiger partial charge in [-0.2, -0.15) is 0 Å². The third-order valence-corrected chi connectivity index (χ3v) is 2.03. The fourth-order valence-corrected chi connectivity index (χ4v) is 1.29. The van der Waals surface area contributed by atoms with E-state index in [1.165, 1.54) is 0 Å². The molecule has 0 saturated carbocycles. The maximum absolute atomic E-state index is 5.59. The molecule has 66 valence electrons. The van der Waals surface area contributed by atoms with Crippen molar-refractivity contribution in [3.8, 4) is 0 Å². The predicted octanol–water partition coefficient (Wildman–Crippen LogP) is 0.229. The van der Waals surface area contributed by atoms with Crippen molar-refractivity contribution in [2.75, 3.05) is 13.2 Å². The molecule has 0 atom stereocenters. The molecule has 4 heteroatoms. The Balaban J connectivity index is 2.25. The van der Waals surface area contributed by atoms with Crippen LogP contribution in [-0.4, -0.2) is 26.0 Å². The average Bonchev–Trinajstić information content (AvgIpc) is 2.62. The lowest BCUT2D eigenvalue weighted by atomic mass is 9.97. The van der Waals surface area contributed by atoms with E-state index in [-0.39, 0.29) is 6.29 Å². The van der Waals surface area contributed by atoms with Crippen LogP contribution in [0.2, 0.25) is 0 Å². The Morgan fingerprint density at radius 1 is 1.46 bits per heavy atom. The number of aryl methyl sites for hydroxylation is 1. The third kappa shape index (κ3) is 1.74. The summed E-state index contributed by atoms with van der Waals surface area (Å²) in [5, 5.41) is 0. The summed E-state index contributed by atoms with van der Waals surface area (Å²) in [6.45, 7) is 3.21. The number of hydrogen-bond acceptors (Lipinski definition) is 3. The molecule has 0 spiro atoms. The van der Waals surface area contributed by atoms with E-state index in [4.69, 9.17) is 17.3 Å². The summed E-state index contributed by atoms with van der Waals surface area (Å²) in [4.78, 5) is 4.04. The smallest absolute Gasteiger partial charge is 0.185 e. The number of hydrogen-bond donors (Lipinski definition) is 0. The Bertz CT molecular complexity index is 310. The molecule has 1 aromatic rings. The summed E-state index contributed by atoms with van der Waals surface area (Å²) >= 11 is 0. The minimum absolute atomic E-state index is 0.258. The second-order valence-corrected chi connectivity index (χ2v) is 3.04. The Labute approximate surface area is 78.5 Å². The summed E-state index contributed by atoms with van der Waals surface area (Å²) in [5.74, 6) is 0. The van der Waals surface area contributed by atoms with Crippen molar-refractivity contribution < 1.29 is 9.47 Å². The first-order valence-electron chi connectivity index (χ1n) is 4.22. The van der Waals surface area contributed by atoms with E-state index in [2.05, 4.69) is 4.98 Å². The van der Waals surface area contributed by atoms with Crippen molar-refractivity contribution in [1.29, 1.82) is 0 Å². The normalized spacial score (nSPS) is 17.9. The zero-order chi connectivity index (χ0) is 9.26. The quantitative estimate of drug-likeness (QED) is 0.572.